The van der Waals surface area contributed by atoms with Gasteiger partial charge in [-0.15, -0.1) is 0 Å². The minimum absolute atomic E-state index is 0.278. The SMILES string of the molecule is CS(=O)(=O)c1ccc(Nc2cc3c(-c4ccc5nc[nH]c5c4)nccc3cn2)cc1. The fourth-order valence-electron chi connectivity index (χ4n) is 3.38. The first-order valence-electron chi connectivity index (χ1n) is 9.23. The van der Waals surface area contributed by atoms with Crippen LogP contribution in [0.3, 0.4) is 0 Å². The number of nitrogens with zero attached hydrogens (tertiary/aromatic N) is 3. The fourth-order valence-corrected chi connectivity index (χ4v) is 4.01. The van der Waals surface area contributed by atoms with E-state index in [1.165, 1.54) is 6.26 Å². The summed E-state index contributed by atoms with van der Waals surface area (Å²) in [7, 11) is -3.23. The Bertz CT molecular complexity index is 1490. The molecule has 0 aliphatic rings. The number of anilines is 2. The number of benzene rings is 2. The topological polar surface area (TPSA) is 101 Å². The van der Waals surface area contributed by atoms with Gasteiger partial charge in [-0.3, -0.25) is 4.98 Å². The van der Waals surface area contributed by atoms with Gasteiger partial charge < -0.3 is 10.3 Å². The van der Waals surface area contributed by atoms with E-state index in [2.05, 4.69) is 25.3 Å². The van der Waals surface area contributed by atoms with E-state index in [-0.39, 0.29) is 4.90 Å². The zero-order chi connectivity index (χ0) is 20.7. The predicted octanol–water partition coefficient (Wildman–Crippen LogP) is 4.32. The highest BCUT2D eigenvalue weighted by Crippen LogP contribution is 2.30. The van der Waals surface area contributed by atoms with Crippen LogP contribution < -0.4 is 5.32 Å². The molecule has 5 aromatic rings. The number of hydrogen-bond donors (Lipinski definition) is 2. The summed E-state index contributed by atoms with van der Waals surface area (Å²) >= 11 is 0. The molecular formula is C22H17N5O2S. The molecule has 8 heteroatoms. The number of fused-ring (bicyclic) bond motifs is 2. The molecule has 2 N–H and O–H groups in total. The first-order valence-corrected chi connectivity index (χ1v) is 11.1. The average Bonchev–Trinajstić information content (AvgIpc) is 3.21. The number of H-pyrrole nitrogens is 1. The maximum atomic E-state index is 11.6. The summed E-state index contributed by atoms with van der Waals surface area (Å²) in [6, 6.07) is 16.5. The van der Waals surface area contributed by atoms with Gasteiger partial charge in [0, 0.05) is 40.7 Å². The molecular weight excluding hydrogens is 398 g/mol. The molecule has 0 unspecified atom stereocenters. The summed E-state index contributed by atoms with van der Waals surface area (Å²) in [5.74, 6) is 0.645. The zero-order valence-electron chi connectivity index (χ0n) is 16.0. The average molecular weight is 415 g/mol. The largest absolute Gasteiger partial charge is 0.345 e. The van der Waals surface area contributed by atoms with Gasteiger partial charge >= 0.3 is 0 Å². The Kier molecular flexibility index (Phi) is 4.22. The molecule has 0 saturated heterocycles. The van der Waals surface area contributed by atoms with Crippen molar-refractivity contribution < 1.29 is 8.42 Å². The van der Waals surface area contributed by atoms with Gasteiger partial charge in [0.1, 0.15) is 5.82 Å². The Morgan fingerprint density at radius 2 is 1.77 bits per heavy atom. The normalized spacial score (nSPS) is 11.8. The van der Waals surface area contributed by atoms with Crippen LogP contribution in [0.15, 0.2) is 78.2 Å². The first kappa shape index (κ1) is 18.3. The van der Waals surface area contributed by atoms with Crippen molar-refractivity contribution in [3.05, 3.63) is 73.3 Å². The second-order valence-electron chi connectivity index (χ2n) is 7.01. The van der Waals surface area contributed by atoms with Crippen LogP contribution in [-0.4, -0.2) is 34.6 Å². The standard InChI is InChI=1S/C22H17N5O2S/c1-30(28,29)17-5-3-16(4-6-17)27-21-11-18-15(12-24-21)8-9-23-22(18)14-2-7-19-20(10-14)26-13-25-19/h2-13H,1H3,(H,24,27)(H,25,26). The van der Waals surface area contributed by atoms with E-state index in [4.69, 9.17) is 0 Å². The minimum atomic E-state index is -3.23. The zero-order valence-corrected chi connectivity index (χ0v) is 16.8. The Morgan fingerprint density at radius 1 is 0.933 bits per heavy atom. The van der Waals surface area contributed by atoms with E-state index >= 15 is 0 Å². The lowest BCUT2D eigenvalue weighted by molar-refractivity contribution is 0.602. The van der Waals surface area contributed by atoms with E-state index in [9.17, 15) is 8.42 Å². The highest BCUT2D eigenvalue weighted by Gasteiger charge is 2.10. The molecule has 0 bridgehead atoms. The van der Waals surface area contributed by atoms with E-state index < -0.39 is 9.84 Å². The molecule has 0 saturated carbocycles. The van der Waals surface area contributed by atoms with E-state index in [0.717, 1.165) is 38.8 Å². The van der Waals surface area contributed by atoms with Crippen molar-refractivity contribution in [3.63, 3.8) is 0 Å². The predicted molar refractivity (Wildman–Crippen MR) is 117 cm³/mol. The van der Waals surface area contributed by atoms with Gasteiger partial charge in [-0.25, -0.2) is 18.4 Å². The number of rotatable bonds is 4. The number of hydrogen-bond acceptors (Lipinski definition) is 6. The third kappa shape index (κ3) is 3.37. The summed E-state index contributed by atoms with van der Waals surface area (Å²) in [5.41, 5.74) is 4.43. The van der Waals surface area contributed by atoms with Gasteiger partial charge in [-0.2, -0.15) is 0 Å². The van der Waals surface area contributed by atoms with Crippen molar-refractivity contribution in [3.8, 4) is 11.3 Å². The monoisotopic (exact) mass is 415 g/mol. The van der Waals surface area contributed by atoms with E-state index in [1.807, 2.05) is 30.3 Å². The molecule has 0 aliphatic carbocycles. The molecule has 0 radical (unpaired) electrons. The first-order chi connectivity index (χ1) is 14.5. The Balaban J connectivity index is 1.54. The number of imidazole rings is 1. The minimum Gasteiger partial charge on any atom is -0.345 e. The molecule has 2 aromatic carbocycles. The molecule has 0 spiro atoms. The lowest BCUT2D eigenvalue weighted by Crippen LogP contribution is -1.98. The van der Waals surface area contributed by atoms with Crippen LogP contribution in [0, 0.1) is 0 Å². The fraction of sp³-hybridized carbons (Fsp3) is 0.0455. The van der Waals surface area contributed by atoms with Gasteiger partial charge in [0.05, 0.1) is 28.0 Å². The van der Waals surface area contributed by atoms with E-state index in [0.29, 0.717) is 5.82 Å². The van der Waals surface area contributed by atoms with Gasteiger partial charge in [0.15, 0.2) is 9.84 Å². The van der Waals surface area contributed by atoms with Crippen LogP contribution in [0.5, 0.6) is 0 Å². The van der Waals surface area contributed by atoms with Crippen LogP contribution in [0.2, 0.25) is 0 Å². The second kappa shape index (κ2) is 6.93. The quantitative estimate of drug-likeness (QED) is 0.453. The molecule has 148 valence electrons. The lowest BCUT2D eigenvalue weighted by Gasteiger charge is -2.10. The van der Waals surface area contributed by atoms with Crippen molar-refractivity contribution in [1.29, 1.82) is 0 Å². The third-order valence-corrected chi connectivity index (χ3v) is 6.02. The Labute approximate surface area is 172 Å². The molecule has 3 heterocycles. The third-order valence-electron chi connectivity index (χ3n) is 4.90. The summed E-state index contributed by atoms with van der Waals surface area (Å²) in [4.78, 5) is 16.7. The molecule has 5 rings (SSSR count). The molecule has 3 aromatic heterocycles. The molecule has 0 fully saturated rings. The Morgan fingerprint density at radius 3 is 2.57 bits per heavy atom. The van der Waals surface area contributed by atoms with Gasteiger partial charge in [0.25, 0.3) is 0 Å². The van der Waals surface area contributed by atoms with Crippen LogP contribution in [0.1, 0.15) is 0 Å². The van der Waals surface area contributed by atoms with Crippen molar-refractivity contribution >= 4 is 43.1 Å². The summed E-state index contributed by atoms with van der Waals surface area (Å²) < 4.78 is 23.3. The molecule has 30 heavy (non-hydrogen) atoms. The van der Waals surface area contributed by atoms with Crippen LogP contribution >= 0.6 is 0 Å². The maximum Gasteiger partial charge on any atom is 0.175 e. The van der Waals surface area contributed by atoms with Crippen LogP contribution in [-0.2, 0) is 9.84 Å². The maximum absolute atomic E-state index is 11.6. The van der Waals surface area contributed by atoms with Gasteiger partial charge in [-0.05, 0) is 48.5 Å². The van der Waals surface area contributed by atoms with Crippen LogP contribution in [0.25, 0.3) is 33.1 Å². The molecule has 0 aliphatic heterocycles. The van der Waals surface area contributed by atoms with E-state index in [1.54, 1.807) is 43.0 Å². The number of nitrogens with one attached hydrogen (secondary N) is 2. The van der Waals surface area contributed by atoms with Crippen LogP contribution in [0.4, 0.5) is 11.5 Å². The summed E-state index contributed by atoms with van der Waals surface area (Å²) in [6.45, 7) is 0. The number of aromatic amines is 1. The van der Waals surface area contributed by atoms with Crippen molar-refractivity contribution in [2.24, 2.45) is 0 Å². The number of sulfone groups is 1. The summed E-state index contributed by atoms with van der Waals surface area (Å²) in [5, 5.41) is 5.16. The van der Waals surface area contributed by atoms with Gasteiger partial charge in [-0.1, -0.05) is 6.07 Å². The highest BCUT2D eigenvalue weighted by atomic mass is 32.2. The smallest absolute Gasteiger partial charge is 0.175 e. The highest BCUT2D eigenvalue weighted by molar-refractivity contribution is 7.90. The molecule has 7 nitrogen and oxygen atoms in total. The van der Waals surface area contributed by atoms with Crippen molar-refractivity contribution in [2.75, 3.05) is 11.6 Å². The second-order valence-corrected chi connectivity index (χ2v) is 9.02. The molecule has 0 amide bonds. The number of aromatic nitrogens is 4. The number of pyridine rings is 2. The van der Waals surface area contributed by atoms with Crippen molar-refractivity contribution in [1.82, 2.24) is 19.9 Å². The Hall–Kier alpha value is -3.78. The lowest BCUT2D eigenvalue weighted by atomic mass is 10.0. The molecule has 0 atom stereocenters. The summed E-state index contributed by atoms with van der Waals surface area (Å²) in [6.07, 6.45) is 6.43. The van der Waals surface area contributed by atoms with Gasteiger partial charge in [0.2, 0.25) is 0 Å². The van der Waals surface area contributed by atoms with Crippen molar-refractivity contribution in [2.45, 2.75) is 4.90 Å².